The lowest BCUT2D eigenvalue weighted by Crippen LogP contribution is -2.43. The van der Waals surface area contributed by atoms with Crippen molar-refractivity contribution in [1.29, 1.82) is 0 Å². The minimum absolute atomic E-state index is 0.0660. The van der Waals surface area contributed by atoms with Gasteiger partial charge in [-0.25, -0.2) is 0 Å². The smallest absolute Gasteiger partial charge is 0.302 e. The largest absolute Gasteiger partial charge is 0.460 e. The zero-order valence-corrected chi connectivity index (χ0v) is 8.74. The molecule has 0 spiro atoms. The zero-order chi connectivity index (χ0) is 10.0. The van der Waals surface area contributed by atoms with Gasteiger partial charge in [0.2, 0.25) is 0 Å². The molecule has 0 aromatic heterocycles. The van der Waals surface area contributed by atoms with Crippen LogP contribution in [0.15, 0.2) is 0 Å². The van der Waals surface area contributed by atoms with Crippen LogP contribution in [-0.4, -0.2) is 24.8 Å². The standard InChI is InChI=1S/C10H18O3/c1-6-7(2)10(13-9(4)11)5-12-8(6)3/h6-8,10H,5H2,1-4H3/t6-,7-,8?,10?/m0/s1. The van der Waals surface area contributed by atoms with E-state index in [-0.39, 0.29) is 18.2 Å². The topological polar surface area (TPSA) is 35.5 Å². The maximum Gasteiger partial charge on any atom is 0.302 e. The average Bonchev–Trinajstić information content (AvgIpc) is 2.06. The summed E-state index contributed by atoms with van der Waals surface area (Å²) in [5.74, 6) is 0.605. The van der Waals surface area contributed by atoms with Gasteiger partial charge in [-0.3, -0.25) is 4.79 Å². The number of esters is 1. The quantitative estimate of drug-likeness (QED) is 0.584. The summed E-state index contributed by atoms with van der Waals surface area (Å²) in [5.41, 5.74) is 0. The second-order valence-electron chi connectivity index (χ2n) is 3.90. The summed E-state index contributed by atoms with van der Waals surface area (Å²) >= 11 is 0. The van der Waals surface area contributed by atoms with Crippen molar-refractivity contribution in [2.75, 3.05) is 6.61 Å². The Kier molecular flexibility index (Phi) is 3.31. The van der Waals surface area contributed by atoms with Gasteiger partial charge >= 0.3 is 5.97 Å². The van der Waals surface area contributed by atoms with Crippen molar-refractivity contribution in [2.45, 2.75) is 39.9 Å². The minimum Gasteiger partial charge on any atom is -0.460 e. The van der Waals surface area contributed by atoms with E-state index in [1.165, 1.54) is 6.92 Å². The maximum absolute atomic E-state index is 10.8. The van der Waals surface area contributed by atoms with Crippen molar-refractivity contribution >= 4 is 5.97 Å². The normalized spacial score (nSPS) is 40.0. The molecule has 76 valence electrons. The van der Waals surface area contributed by atoms with Crippen molar-refractivity contribution in [3.05, 3.63) is 0 Å². The van der Waals surface area contributed by atoms with Gasteiger partial charge in [-0.2, -0.15) is 0 Å². The molecule has 0 N–H and O–H groups in total. The Hall–Kier alpha value is -0.570. The first kappa shape index (κ1) is 10.5. The molecule has 1 heterocycles. The fourth-order valence-corrected chi connectivity index (χ4v) is 1.67. The van der Waals surface area contributed by atoms with E-state index in [1.54, 1.807) is 0 Å². The molecule has 1 aliphatic heterocycles. The third-order valence-corrected chi connectivity index (χ3v) is 3.00. The molecule has 0 radical (unpaired) electrons. The molecule has 1 rings (SSSR count). The summed E-state index contributed by atoms with van der Waals surface area (Å²) in [4.78, 5) is 10.8. The summed E-state index contributed by atoms with van der Waals surface area (Å²) < 4.78 is 10.7. The van der Waals surface area contributed by atoms with Gasteiger partial charge in [0.15, 0.2) is 0 Å². The number of ether oxygens (including phenoxy) is 2. The van der Waals surface area contributed by atoms with Gasteiger partial charge in [0.05, 0.1) is 12.7 Å². The Morgan fingerprint density at radius 3 is 2.46 bits per heavy atom. The highest BCUT2D eigenvalue weighted by Gasteiger charge is 2.34. The van der Waals surface area contributed by atoms with Crippen LogP contribution in [0.4, 0.5) is 0 Å². The molecule has 4 atom stereocenters. The molecule has 1 fully saturated rings. The first-order valence-corrected chi connectivity index (χ1v) is 4.81. The SMILES string of the molecule is CC(=O)OC1COC(C)[C@@H](C)[C@@H]1C. The van der Waals surface area contributed by atoms with Crippen LogP contribution in [0.1, 0.15) is 27.7 Å². The van der Waals surface area contributed by atoms with E-state index in [0.717, 1.165) is 0 Å². The minimum atomic E-state index is -0.220. The predicted molar refractivity (Wildman–Crippen MR) is 49.3 cm³/mol. The van der Waals surface area contributed by atoms with Gasteiger partial charge in [-0.15, -0.1) is 0 Å². The van der Waals surface area contributed by atoms with Crippen molar-refractivity contribution < 1.29 is 14.3 Å². The van der Waals surface area contributed by atoms with E-state index in [9.17, 15) is 4.79 Å². The second-order valence-corrected chi connectivity index (χ2v) is 3.90. The van der Waals surface area contributed by atoms with Crippen molar-refractivity contribution in [1.82, 2.24) is 0 Å². The van der Waals surface area contributed by atoms with Gasteiger partial charge in [0.1, 0.15) is 6.10 Å². The third kappa shape index (κ3) is 2.44. The summed E-state index contributed by atoms with van der Waals surface area (Å²) in [6.07, 6.45) is 0.200. The highest BCUT2D eigenvalue weighted by Crippen LogP contribution is 2.28. The monoisotopic (exact) mass is 186 g/mol. The van der Waals surface area contributed by atoms with E-state index in [2.05, 4.69) is 20.8 Å². The van der Waals surface area contributed by atoms with Gasteiger partial charge in [0, 0.05) is 12.8 Å². The highest BCUT2D eigenvalue weighted by atomic mass is 16.6. The van der Waals surface area contributed by atoms with Crippen LogP contribution in [0.3, 0.4) is 0 Å². The molecule has 1 saturated heterocycles. The lowest BCUT2D eigenvalue weighted by molar-refractivity contribution is -0.168. The van der Waals surface area contributed by atoms with E-state index < -0.39 is 0 Å². The van der Waals surface area contributed by atoms with Crippen molar-refractivity contribution in [3.63, 3.8) is 0 Å². The van der Waals surface area contributed by atoms with Crippen LogP contribution in [0.25, 0.3) is 0 Å². The summed E-state index contributed by atoms with van der Waals surface area (Å²) in [5, 5.41) is 0. The molecule has 2 unspecified atom stereocenters. The van der Waals surface area contributed by atoms with Gasteiger partial charge in [-0.1, -0.05) is 13.8 Å². The number of carbonyl (C=O) groups is 1. The fourth-order valence-electron chi connectivity index (χ4n) is 1.67. The molecule has 0 bridgehead atoms. The lowest BCUT2D eigenvalue weighted by Gasteiger charge is -2.37. The van der Waals surface area contributed by atoms with Crippen LogP contribution >= 0.6 is 0 Å². The molecule has 0 saturated carbocycles. The van der Waals surface area contributed by atoms with E-state index >= 15 is 0 Å². The Morgan fingerprint density at radius 2 is 1.92 bits per heavy atom. The Labute approximate surface area is 79.4 Å². The molecule has 3 nitrogen and oxygen atoms in total. The van der Waals surface area contributed by atoms with Crippen LogP contribution < -0.4 is 0 Å². The molecule has 0 aliphatic carbocycles. The first-order valence-electron chi connectivity index (χ1n) is 4.81. The van der Waals surface area contributed by atoms with Gasteiger partial charge < -0.3 is 9.47 Å². The molecular formula is C10H18O3. The molecule has 13 heavy (non-hydrogen) atoms. The number of hydrogen-bond acceptors (Lipinski definition) is 3. The molecular weight excluding hydrogens is 168 g/mol. The average molecular weight is 186 g/mol. The van der Waals surface area contributed by atoms with E-state index in [1.807, 2.05) is 0 Å². The Morgan fingerprint density at radius 1 is 1.31 bits per heavy atom. The van der Waals surface area contributed by atoms with Gasteiger partial charge in [-0.05, 0) is 12.8 Å². The van der Waals surface area contributed by atoms with Crippen LogP contribution in [-0.2, 0) is 14.3 Å². The predicted octanol–water partition coefficient (Wildman–Crippen LogP) is 1.61. The van der Waals surface area contributed by atoms with Gasteiger partial charge in [0.25, 0.3) is 0 Å². The van der Waals surface area contributed by atoms with Crippen LogP contribution in [0.2, 0.25) is 0 Å². The number of hydrogen-bond donors (Lipinski definition) is 0. The Balaban J connectivity index is 2.53. The molecule has 3 heteroatoms. The van der Waals surface area contributed by atoms with Crippen molar-refractivity contribution in [2.24, 2.45) is 11.8 Å². The van der Waals surface area contributed by atoms with Crippen LogP contribution in [0, 0.1) is 11.8 Å². The lowest BCUT2D eigenvalue weighted by atomic mass is 9.85. The number of carbonyl (C=O) groups excluding carboxylic acids is 1. The highest BCUT2D eigenvalue weighted by molar-refractivity contribution is 5.66. The molecule has 1 aliphatic rings. The summed E-state index contributed by atoms with van der Waals surface area (Å²) in [6, 6.07) is 0. The van der Waals surface area contributed by atoms with Crippen molar-refractivity contribution in [3.8, 4) is 0 Å². The Bertz CT molecular complexity index is 191. The summed E-state index contributed by atoms with van der Waals surface area (Å²) in [6.45, 7) is 8.27. The molecule has 0 aromatic rings. The van der Waals surface area contributed by atoms with Crippen LogP contribution in [0.5, 0.6) is 0 Å². The first-order chi connectivity index (χ1) is 6.02. The zero-order valence-electron chi connectivity index (χ0n) is 8.74. The van der Waals surface area contributed by atoms with E-state index in [0.29, 0.717) is 18.4 Å². The maximum atomic E-state index is 10.8. The molecule has 0 aromatic carbocycles. The second kappa shape index (κ2) is 4.09. The molecule has 0 amide bonds. The fraction of sp³-hybridized carbons (Fsp3) is 0.900. The third-order valence-electron chi connectivity index (χ3n) is 3.00. The van der Waals surface area contributed by atoms with E-state index in [4.69, 9.17) is 9.47 Å². The number of rotatable bonds is 1. The summed E-state index contributed by atoms with van der Waals surface area (Å²) in [7, 11) is 0.